The molecule has 2 atom stereocenters. The van der Waals surface area contributed by atoms with Crippen LogP contribution in [0.15, 0.2) is 0 Å². The molecule has 2 unspecified atom stereocenters. The molecule has 0 aliphatic carbocycles. The van der Waals surface area contributed by atoms with Gasteiger partial charge >= 0.3 is 0 Å². The first-order chi connectivity index (χ1) is 8.34. The average Bonchev–Trinajstić information content (AvgIpc) is 2.66. The highest BCUT2D eigenvalue weighted by Gasteiger charge is 2.37. The number of nitrogens with zero attached hydrogens (tertiary/aromatic N) is 2. The van der Waals surface area contributed by atoms with Crippen molar-refractivity contribution in [2.24, 2.45) is 0 Å². The molecule has 1 rings (SSSR count). The highest BCUT2D eigenvalue weighted by atomic mass is 15.2. The van der Waals surface area contributed by atoms with E-state index in [9.17, 15) is 5.26 Å². The third kappa shape index (κ3) is 3.70. The molecular formula is C15H29N3. The van der Waals surface area contributed by atoms with Gasteiger partial charge < -0.3 is 0 Å². The molecule has 0 aromatic heterocycles. The molecule has 1 fully saturated rings. The van der Waals surface area contributed by atoms with Gasteiger partial charge in [0.25, 0.3) is 0 Å². The minimum absolute atomic E-state index is 0.292. The van der Waals surface area contributed by atoms with Gasteiger partial charge in [-0.2, -0.15) is 5.26 Å². The van der Waals surface area contributed by atoms with Crippen LogP contribution in [0, 0.1) is 11.3 Å². The second kappa shape index (κ2) is 6.04. The summed E-state index contributed by atoms with van der Waals surface area (Å²) >= 11 is 0. The Morgan fingerprint density at radius 3 is 2.61 bits per heavy atom. The minimum atomic E-state index is -0.395. The Morgan fingerprint density at radius 1 is 1.50 bits per heavy atom. The Bertz CT molecular complexity index is 305. The predicted molar refractivity (Wildman–Crippen MR) is 76.4 cm³/mol. The maximum Gasteiger partial charge on any atom is 0.105 e. The van der Waals surface area contributed by atoms with Gasteiger partial charge in [0, 0.05) is 11.6 Å². The number of nitriles is 1. The molecule has 0 aromatic carbocycles. The van der Waals surface area contributed by atoms with Crippen LogP contribution in [-0.2, 0) is 0 Å². The van der Waals surface area contributed by atoms with Crippen molar-refractivity contribution < 1.29 is 0 Å². The van der Waals surface area contributed by atoms with Crippen molar-refractivity contribution in [2.45, 2.75) is 77.4 Å². The molecule has 1 saturated heterocycles. The van der Waals surface area contributed by atoms with Gasteiger partial charge in [-0.05, 0) is 66.5 Å². The lowest BCUT2D eigenvalue weighted by atomic mass is 9.92. The second-order valence-electron chi connectivity index (χ2n) is 6.53. The van der Waals surface area contributed by atoms with Crippen LogP contribution in [-0.4, -0.2) is 35.1 Å². The monoisotopic (exact) mass is 251 g/mol. The van der Waals surface area contributed by atoms with E-state index in [1.54, 1.807) is 0 Å². The Labute approximate surface area is 113 Å². The van der Waals surface area contributed by atoms with Crippen molar-refractivity contribution in [3.63, 3.8) is 0 Å². The molecule has 0 amide bonds. The fourth-order valence-electron chi connectivity index (χ4n) is 3.20. The van der Waals surface area contributed by atoms with Gasteiger partial charge in [-0.25, -0.2) is 0 Å². The van der Waals surface area contributed by atoms with Crippen LogP contribution in [0.5, 0.6) is 0 Å². The first-order valence-electron chi connectivity index (χ1n) is 7.28. The van der Waals surface area contributed by atoms with Crippen molar-refractivity contribution in [3.05, 3.63) is 0 Å². The molecule has 0 saturated carbocycles. The zero-order valence-electron chi connectivity index (χ0n) is 12.7. The van der Waals surface area contributed by atoms with Crippen LogP contribution in [0.3, 0.4) is 0 Å². The molecule has 0 radical (unpaired) electrons. The predicted octanol–water partition coefficient (Wildman–Crippen LogP) is 2.92. The van der Waals surface area contributed by atoms with Gasteiger partial charge in [-0.1, -0.05) is 6.92 Å². The molecule has 1 heterocycles. The molecule has 18 heavy (non-hydrogen) atoms. The standard InChI is InChI=1S/C15H29N3/c1-6-9-17-15(5,12-16)11-13(2)18-10-7-8-14(18,3)4/h13,17H,6-11H2,1-5H3. The van der Waals surface area contributed by atoms with Crippen molar-refractivity contribution in [2.75, 3.05) is 13.1 Å². The average molecular weight is 251 g/mol. The lowest BCUT2D eigenvalue weighted by molar-refractivity contribution is 0.106. The zero-order chi connectivity index (χ0) is 13.8. The quantitative estimate of drug-likeness (QED) is 0.789. The fraction of sp³-hybridized carbons (Fsp3) is 0.933. The summed E-state index contributed by atoms with van der Waals surface area (Å²) in [7, 11) is 0. The Morgan fingerprint density at radius 2 is 2.17 bits per heavy atom. The molecule has 0 spiro atoms. The van der Waals surface area contributed by atoms with Crippen LogP contribution >= 0.6 is 0 Å². The first-order valence-corrected chi connectivity index (χ1v) is 7.28. The highest BCUT2D eigenvalue weighted by molar-refractivity contribution is 5.06. The maximum absolute atomic E-state index is 9.40. The van der Waals surface area contributed by atoms with Gasteiger partial charge in [0.05, 0.1) is 6.07 Å². The summed E-state index contributed by atoms with van der Waals surface area (Å²) < 4.78 is 0. The van der Waals surface area contributed by atoms with E-state index in [2.05, 4.69) is 44.0 Å². The lowest BCUT2D eigenvalue weighted by Gasteiger charge is -2.39. The molecule has 0 aromatic rings. The Balaban J connectivity index is 2.62. The summed E-state index contributed by atoms with van der Waals surface area (Å²) in [4.78, 5) is 2.57. The summed E-state index contributed by atoms with van der Waals surface area (Å²) in [6, 6.07) is 2.91. The van der Waals surface area contributed by atoms with E-state index in [1.807, 2.05) is 6.92 Å². The van der Waals surface area contributed by atoms with Crippen molar-refractivity contribution >= 4 is 0 Å². The Kier molecular flexibility index (Phi) is 5.19. The van der Waals surface area contributed by atoms with E-state index in [-0.39, 0.29) is 0 Å². The second-order valence-corrected chi connectivity index (χ2v) is 6.53. The summed E-state index contributed by atoms with van der Waals surface area (Å²) in [6.45, 7) is 13.2. The van der Waals surface area contributed by atoms with E-state index in [0.29, 0.717) is 11.6 Å². The summed E-state index contributed by atoms with van der Waals surface area (Å²) in [5.41, 5.74) is -0.103. The molecule has 1 N–H and O–H groups in total. The fourth-order valence-corrected chi connectivity index (χ4v) is 3.20. The van der Waals surface area contributed by atoms with Gasteiger partial charge in [0.2, 0.25) is 0 Å². The molecule has 1 aliphatic heterocycles. The number of hydrogen-bond acceptors (Lipinski definition) is 3. The van der Waals surface area contributed by atoms with Crippen molar-refractivity contribution in [1.29, 1.82) is 5.26 Å². The van der Waals surface area contributed by atoms with Crippen molar-refractivity contribution in [1.82, 2.24) is 10.2 Å². The van der Waals surface area contributed by atoms with Gasteiger partial charge in [0.15, 0.2) is 0 Å². The van der Waals surface area contributed by atoms with Gasteiger partial charge in [-0.15, -0.1) is 0 Å². The topological polar surface area (TPSA) is 39.1 Å². The van der Waals surface area contributed by atoms with Gasteiger partial charge in [-0.3, -0.25) is 10.2 Å². The first kappa shape index (κ1) is 15.5. The SMILES string of the molecule is CCCNC(C)(C#N)CC(C)N1CCCC1(C)C. The molecule has 104 valence electrons. The lowest BCUT2D eigenvalue weighted by Crippen LogP contribution is -2.51. The summed E-state index contributed by atoms with van der Waals surface area (Å²) in [5.74, 6) is 0. The minimum Gasteiger partial charge on any atom is -0.300 e. The molecule has 3 heteroatoms. The molecule has 0 bridgehead atoms. The van der Waals surface area contributed by atoms with E-state index in [0.717, 1.165) is 19.4 Å². The molecule has 1 aliphatic rings. The van der Waals surface area contributed by atoms with Gasteiger partial charge in [0.1, 0.15) is 5.54 Å². The Hall–Kier alpha value is -0.590. The van der Waals surface area contributed by atoms with Crippen molar-refractivity contribution in [3.8, 4) is 6.07 Å². The van der Waals surface area contributed by atoms with Crippen LogP contribution in [0.4, 0.5) is 0 Å². The summed E-state index contributed by atoms with van der Waals surface area (Å²) in [6.07, 6.45) is 4.51. The molecular weight excluding hydrogens is 222 g/mol. The zero-order valence-corrected chi connectivity index (χ0v) is 12.7. The number of likely N-dealkylation sites (tertiary alicyclic amines) is 1. The summed E-state index contributed by atoms with van der Waals surface area (Å²) in [5, 5.41) is 12.8. The van der Waals surface area contributed by atoms with E-state index in [1.165, 1.54) is 19.4 Å². The number of nitrogens with one attached hydrogen (secondary N) is 1. The van der Waals surface area contributed by atoms with Crippen LogP contribution in [0.25, 0.3) is 0 Å². The van der Waals surface area contributed by atoms with Crippen LogP contribution in [0.1, 0.15) is 60.3 Å². The number of rotatable bonds is 6. The van der Waals surface area contributed by atoms with E-state index < -0.39 is 5.54 Å². The largest absolute Gasteiger partial charge is 0.300 e. The third-order valence-electron chi connectivity index (χ3n) is 4.21. The van der Waals surface area contributed by atoms with Crippen LogP contribution < -0.4 is 5.32 Å². The van der Waals surface area contributed by atoms with E-state index >= 15 is 0 Å². The van der Waals surface area contributed by atoms with Crippen LogP contribution in [0.2, 0.25) is 0 Å². The van der Waals surface area contributed by atoms with E-state index in [4.69, 9.17) is 0 Å². The smallest absolute Gasteiger partial charge is 0.105 e. The highest BCUT2D eigenvalue weighted by Crippen LogP contribution is 2.32. The third-order valence-corrected chi connectivity index (χ3v) is 4.21. The molecule has 3 nitrogen and oxygen atoms in total. The maximum atomic E-state index is 9.40. The number of hydrogen-bond donors (Lipinski definition) is 1. The normalized spacial score (nSPS) is 24.4.